The van der Waals surface area contributed by atoms with E-state index in [2.05, 4.69) is 22.5 Å². The third-order valence-corrected chi connectivity index (χ3v) is 3.34. The third kappa shape index (κ3) is 2.33. The van der Waals surface area contributed by atoms with Crippen molar-refractivity contribution in [2.75, 3.05) is 0 Å². The number of hydrogen-bond donors (Lipinski definition) is 0. The Bertz CT molecular complexity index is 302. The minimum atomic E-state index is -0.486. The summed E-state index contributed by atoms with van der Waals surface area (Å²) >= 11 is 10.1. The van der Waals surface area contributed by atoms with Crippen LogP contribution in [0.2, 0.25) is 4.34 Å². The molecule has 0 fully saturated rings. The first-order valence-corrected chi connectivity index (χ1v) is 4.91. The van der Waals surface area contributed by atoms with Crippen LogP contribution in [-0.4, -0.2) is 5.97 Å². The molecule has 0 aliphatic carbocycles. The van der Waals surface area contributed by atoms with Crippen molar-refractivity contribution >= 4 is 44.8 Å². The Morgan fingerprint density at radius 3 is 2.92 bits per heavy atom. The van der Waals surface area contributed by atoms with Crippen molar-refractivity contribution in [1.82, 2.24) is 0 Å². The molecule has 1 aromatic rings. The molecule has 1 heterocycles. The van der Waals surface area contributed by atoms with Crippen molar-refractivity contribution in [2.45, 2.75) is 0 Å². The molecule has 1 aromatic heterocycles. The molecule has 0 radical (unpaired) electrons. The molecule has 0 N–H and O–H groups in total. The van der Waals surface area contributed by atoms with Crippen molar-refractivity contribution in [2.24, 2.45) is 0 Å². The van der Waals surface area contributed by atoms with E-state index in [-0.39, 0.29) is 0 Å². The first-order valence-electron chi connectivity index (χ1n) is 2.92. The SMILES string of the molecule is C=CC(=O)Oc1cc(Br)c(Cl)s1. The summed E-state index contributed by atoms with van der Waals surface area (Å²) in [5, 5.41) is 0.455. The lowest BCUT2D eigenvalue weighted by molar-refractivity contribution is -0.128. The van der Waals surface area contributed by atoms with E-state index in [1.54, 1.807) is 6.07 Å². The van der Waals surface area contributed by atoms with E-state index in [4.69, 9.17) is 16.3 Å². The van der Waals surface area contributed by atoms with Crippen LogP contribution in [0.3, 0.4) is 0 Å². The summed E-state index contributed by atoms with van der Waals surface area (Å²) in [5.74, 6) is -0.486. The lowest BCUT2D eigenvalue weighted by Gasteiger charge is -1.93. The van der Waals surface area contributed by atoms with Gasteiger partial charge in [0, 0.05) is 12.1 Å². The maximum Gasteiger partial charge on any atom is 0.336 e. The number of ether oxygens (including phenoxy) is 1. The van der Waals surface area contributed by atoms with Crippen LogP contribution < -0.4 is 4.74 Å². The summed E-state index contributed by atoms with van der Waals surface area (Å²) in [4.78, 5) is 10.7. The van der Waals surface area contributed by atoms with Gasteiger partial charge in [-0.15, -0.1) is 0 Å². The lowest BCUT2D eigenvalue weighted by atomic mass is 10.6. The molecule has 12 heavy (non-hydrogen) atoms. The number of thiophene rings is 1. The summed E-state index contributed by atoms with van der Waals surface area (Å²) in [7, 11) is 0. The molecule has 1 rings (SSSR count). The minimum absolute atomic E-state index is 0.455. The molecule has 2 nitrogen and oxygen atoms in total. The Hall–Kier alpha value is -0.320. The van der Waals surface area contributed by atoms with Crippen molar-refractivity contribution in [3.8, 4) is 5.06 Å². The van der Waals surface area contributed by atoms with Crippen LogP contribution in [-0.2, 0) is 4.79 Å². The Morgan fingerprint density at radius 1 is 1.83 bits per heavy atom. The fourth-order valence-electron chi connectivity index (χ4n) is 0.518. The summed E-state index contributed by atoms with van der Waals surface area (Å²) in [6.45, 7) is 3.27. The van der Waals surface area contributed by atoms with Gasteiger partial charge in [0.05, 0.1) is 4.47 Å². The lowest BCUT2D eigenvalue weighted by Crippen LogP contribution is -2.00. The normalized spacial score (nSPS) is 9.50. The van der Waals surface area contributed by atoms with Crippen LogP contribution in [0.1, 0.15) is 0 Å². The zero-order valence-corrected chi connectivity index (χ0v) is 9.00. The van der Waals surface area contributed by atoms with E-state index in [9.17, 15) is 4.79 Å². The third-order valence-electron chi connectivity index (χ3n) is 0.990. The monoisotopic (exact) mass is 266 g/mol. The second kappa shape index (κ2) is 4.07. The van der Waals surface area contributed by atoms with Gasteiger partial charge in [0.15, 0.2) is 5.06 Å². The molecule has 0 atom stereocenters. The highest BCUT2D eigenvalue weighted by molar-refractivity contribution is 9.10. The molecule has 0 amide bonds. The fourth-order valence-corrected chi connectivity index (χ4v) is 2.04. The number of carbonyl (C=O) groups is 1. The van der Waals surface area contributed by atoms with Gasteiger partial charge in [0.1, 0.15) is 4.34 Å². The Labute approximate surface area is 86.9 Å². The predicted molar refractivity (Wildman–Crippen MR) is 52.9 cm³/mol. The summed E-state index contributed by atoms with van der Waals surface area (Å²) in [6.07, 6.45) is 1.10. The molecular formula is C7H4BrClO2S. The molecular weight excluding hydrogens is 263 g/mol. The largest absolute Gasteiger partial charge is 0.412 e. The first kappa shape index (κ1) is 9.77. The molecule has 0 bridgehead atoms. The highest BCUT2D eigenvalue weighted by atomic mass is 79.9. The van der Waals surface area contributed by atoms with Gasteiger partial charge in [0.25, 0.3) is 0 Å². The molecule has 0 aliphatic rings. The smallest absolute Gasteiger partial charge is 0.336 e. The molecule has 0 aliphatic heterocycles. The number of hydrogen-bond acceptors (Lipinski definition) is 3. The van der Waals surface area contributed by atoms with Crippen molar-refractivity contribution in [3.05, 3.63) is 27.5 Å². The van der Waals surface area contributed by atoms with Gasteiger partial charge in [-0.2, -0.15) is 0 Å². The second-order valence-electron chi connectivity index (χ2n) is 1.81. The average molecular weight is 268 g/mol. The van der Waals surface area contributed by atoms with Gasteiger partial charge in [0.2, 0.25) is 0 Å². The number of esters is 1. The second-order valence-corrected chi connectivity index (χ2v) is 4.28. The van der Waals surface area contributed by atoms with E-state index < -0.39 is 5.97 Å². The number of carbonyl (C=O) groups excluding carboxylic acids is 1. The maximum absolute atomic E-state index is 10.7. The summed E-state index contributed by atoms with van der Waals surface area (Å²) in [6, 6.07) is 1.63. The van der Waals surface area contributed by atoms with E-state index in [1.807, 2.05) is 0 Å². The van der Waals surface area contributed by atoms with Gasteiger partial charge in [-0.25, -0.2) is 4.79 Å². The van der Waals surface area contributed by atoms with Gasteiger partial charge in [-0.05, 0) is 15.9 Å². The van der Waals surface area contributed by atoms with Crippen LogP contribution in [0.15, 0.2) is 23.2 Å². The molecule has 0 aromatic carbocycles. The molecule has 0 unspecified atom stereocenters. The van der Waals surface area contributed by atoms with Crippen LogP contribution in [0.4, 0.5) is 0 Å². The summed E-state index contributed by atoms with van der Waals surface area (Å²) < 4.78 is 6.09. The summed E-state index contributed by atoms with van der Waals surface area (Å²) in [5.41, 5.74) is 0. The van der Waals surface area contributed by atoms with Gasteiger partial charge < -0.3 is 4.74 Å². The first-order chi connectivity index (χ1) is 5.63. The van der Waals surface area contributed by atoms with Gasteiger partial charge in [-0.1, -0.05) is 29.5 Å². The molecule has 0 spiro atoms. The van der Waals surface area contributed by atoms with E-state index in [0.29, 0.717) is 9.40 Å². The van der Waals surface area contributed by atoms with Gasteiger partial charge >= 0.3 is 5.97 Å². The fraction of sp³-hybridized carbons (Fsp3) is 0. The molecule has 64 valence electrons. The number of rotatable bonds is 2. The minimum Gasteiger partial charge on any atom is -0.412 e. The molecule has 0 saturated heterocycles. The van der Waals surface area contributed by atoms with Crippen LogP contribution >= 0.6 is 38.9 Å². The number of halogens is 2. The topological polar surface area (TPSA) is 26.3 Å². The van der Waals surface area contributed by atoms with E-state index in [1.165, 1.54) is 11.3 Å². The maximum atomic E-state index is 10.7. The van der Waals surface area contributed by atoms with Crippen molar-refractivity contribution in [1.29, 1.82) is 0 Å². The molecule has 0 saturated carbocycles. The highest BCUT2D eigenvalue weighted by Gasteiger charge is 2.07. The average Bonchev–Trinajstić information content (AvgIpc) is 2.31. The zero-order valence-electron chi connectivity index (χ0n) is 5.84. The van der Waals surface area contributed by atoms with Crippen LogP contribution in [0.25, 0.3) is 0 Å². The van der Waals surface area contributed by atoms with Crippen molar-refractivity contribution in [3.63, 3.8) is 0 Å². The zero-order chi connectivity index (χ0) is 9.14. The standard InChI is InChI=1S/C7H4BrClO2S/c1-2-5(10)11-6-3-4(8)7(9)12-6/h2-3H,1H2. The van der Waals surface area contributed by atoms with Crippen LogP contribution in [0.5, 0.6) is 5.06 Å². The predicted octanol–water partition coefficient (Wildman–Crippen LogP) is 3.26. The van der Waals surface area contributed by atoms with Gasteiger partial charge in [-0.3, -0.25) is 0 Å². The highest BCUT2D eigenvalue weighted by Crippen LogP contribution is 2.36. The Balaban J connectivity index is 2.76. The van der Waals surface area contributed by atoms with Crippen LogP contribution in [0, 0.1) is 0 Å². The quantitative estimate of drug-likeness (QED) is 0.607. The van der Waals surface area contributed by atoms with E-state index >= 15 is 0 Å². The Kier molecular flexibility index (Phi) is 3.31. The van der Waals surface area contributed by atoms with E-state index in [0.717, 1.165) is 10.5 Å². The molecule has 5 heteroatoms. The Morgan fingerprint density at radius 2 is 2.50 bits per heavy atom. The van der Waals surface area contributed by atoms with Crippen molar-refractivity contribution < 1.29 is 9.53 Å².